The molecular formula is C23H28N4O2S. The van der Waals surface area contributed by atoms with Crippen molar-refractivity contribution in [1.82, 2.24) is 20.1 Å². The molecule has 0 fully saturated rings. The maximum atomic E-state index is 12.8. The van der Waals surface area contributed by atoms with Gasteiger partial charge in [0.2, 0.25) is 5.91 Å². The summed E-state index contributed by atoms with van der Waals surface area (Å²) in [5, 5.41) is 12.2. The molecule has 0 spiro atoms. The molecule has 2 atom stereocenters. The van der Waals surface area contributed by atoms with Crippen molar-refractivity contribution >= 4 is 17.7 Å². The van der Waals surface area contributed by atoms with Crippen molar-refractivity contribution in [3.05, 3.63) is 59.7 Å². The summed E-state index contributed by atoms with van der Waals surface area (Å²) in [5.74, 6) is 1.53. The van der Waals surface area contributed by atoms with Gasteiger partial charge in [0.15, 0.2) is 11.0 Å². The number of para-hydroxylation sites is 1. The highest BCUT2D eigenvalue weighted by Crippen LogP contribution is 2.29. The number of ether oxygens (including phenoxy) is 1. The Morgan fingerprint density at radius 1 is 1.17 bits per heavy atom. The quantitative estimate of drug-likeness (QED) is 0.534. The summed E-state index contributed by atoms with van der Waals surface area (Å²) < 4.78 is 7.46. The first-order valence-corrected chi connectivity index (χ1v) is 10.9. The van der Waals surface area contributed by atoms with Crippen LogP contribution in [0.3, 0.4) is 0 Å². The van der Waals surface area contributed by atoms with Crippen molar-refractivity contribution in [2.45, 2.75) is 50.7 Å². The maximum absolute atomic E-state index is 12.8. The number of hydrogen-bond donors (Lipinski definition) is 1. The molecule has 158 valence electrons. The number of rotatable bonds is 8. The van der Waals surface area contributed by atoms with Crippen LogP contribution in [0, 0.1) is 6.92 Å². The van der Waals surface area contributed by atoms with Gasteiger partial charge in [-0.2, -0.15) is 0 Å². The Labute approximate surface area is 182 Å². The van der Waals surface area contributed by atoms with Gasteiger partial charge in [0.25, 0.3) is 0 Å². The molecule has 2 aromatic carbocycles. The van der Waals surface area contributed by atoms with E-state index in [4.69, 9.17) is 4.74 Å². The number of amides is 1. The number of methoxy groups -OCH3 is 1. The molecule has 7 heteroatoms. The minimum absolute atomic E-state index is 0.0545. The summed E-state index contributed by atoms with van der Waals surface area (Å²) in [6.07, 6.45) is 0. The topological polar surface area (TPSA) is 69.0 Å². The first-order valence-electron chi connectivity index (χ1n) is 10.0. The van der Waals surface area contributed by atoms with Crippen molar-refractivity contribution < 1.29 is 9.53 Å². The van der Waals surface area contributed by atoms with Crippen LogP contribution < -0.4 is 10.1 Å². The third-order valence-electron chi connectivity index (χ3n) is 4.92. The molecule has 0 saturated carbocycles. The Balaban J connectivity index is 1.72. The van der Waals surface area contributed by atoms with Crippen LogP contribution in [-0.2, 0) is 11.3 Å². The van der Waals surface area contributed by atoms with Crippen molar-refractivity contribution in [3.8, 4) is 17.1 Å². The number of nitrogens with zero attached hydrogens (tertiary/aromatic N) is 3. The molecule has 30 heavy (non-hydrogen) atoms. The van der Waals surface area contributed by atoms with Gasteiger partial charge in [0.1, 0.15) is 5.75 Å². The van der Waals surface area contributed by atoms with Crippen LogP contribution in [0.2, 0.25) is 0 Å². The minimum atomic E-state index is -0.318. The molecule has 1 heterocycles. The zero-order chi connectivity index (χ0) is 21.7. The second-order valence-electron chi connectivity index (χ2n) is 7.15. The van der Waals surface area contributed by atoms with E-state index in [0.29, 0.717) is 0 Å². The third-order valence-corrected chi connectivity index (χ3v) is 6.01. The number of nitrogens with one attached hydrogen (secondary N) is 1. The van der Waals surface area contributed by atoms with E-state index in [2.05, 4.69) is 41.5 Å². The number of thioether (sulfide) groups is 1. The van der Waals surface area contributed by atoms with Gasteiger partial charge in [-0.15, -0.1) is 10.2 Å². The van der Waals surface area contributed by atoms with Gasteiger partial charge in [0, 0.05) is 17.7 Å². The maximum Gasteiger partial charge on any atom is 0.233 e. The van der Waals surface area contributed by atoms with Crippen LogP contribution in [-0.4, -0.2) is 33.0 Å². The highest BCUT2D eigenvalue weighted by molar-refractivity contribution is 8.00. The van der Waals surface area contributed by atoms with Crippen molar-refractivity contribution in [2.24, 2.45) is 0 Å². The highest BCUT2D eigenvalue weighted by atomic mass is 32.2. The van der Waals surface area contributed by atoms with Crippen LogP contribution in [0.1, 0.15) is 37.9 Å². The second-order valence-corrected chi connectivity index (χ2v) is 8.46. The molecule has 0 aliphatic heterocycles. The van der Waals surface area contributed by atoms with E-state index in [-0.39, 0.29) is 17.2 Å². The molecule has 3 rings (SSSR count). The van der Waals surface area contributed by atoms with Gasteiger partial charge < -0.3 is 14.6 Å². The first-order chi connectivity index (χ1) is 14.4. The molecule has 2 unspecified atom stereocenters. The number of hydrogen-bond acceptors (Lipinski definition) is 5. The standard InChI is InChI=1S/C23H28N4O2S/c1-6-27-21(18-11-9-10-15(2)14-18)25-26-23(27)30-17(4)22(28)24-16(3)19-12-7-8-13-20(19)29-5/h7-14,16-17H,6H2,1-5H3,(H,24,28). The Morgan fingerprint density at radius 3 is 2.63 bits per heavy atom. The van der Waals surface area contributed by atoms with Crippen LogP contribution in [0.15, 0.2) is 53.7 Å². The SMILES string of the molecule is CCn1c(SC(C)C(=O)NC(C)c2ccccc2OC)nnc1-c1cccc(C)c1. The van der Waals surface area contributed by atoms with Crippen LogP contribution >= 0.6 is 11.8 Å². The lowest BCUT2D eigenvalue weighted by Gasteiger charge is -2.19. The Morgan fingerprint density at radius 2 is 1.93 bits per heavy atom. The average Bonchev–Trinajstić information content (AvgIpc) is 3.16. The molecule has 0 aliphatic carbocycles. The van der Waals surface area contributed by atoms with Gasteiger partial charge in [0.05, 0.1) is 18.4 Å². The Kier molecular flexibility index (Phi) is 7.15. The summed E-state index contributed by atoms with van der Waals surface area (Å²) in [5.41, 5.74) is 3.15. The van der Waals surface area contributed by atoms with E-state index >= 15 is 0 Å². The van der Waals surface area contributed by atoms with E-state index in [1.165, 1.54) is 17.3 Å². The fraction of sp³-hybridized carbons (Fsp3) is 0.348. The molecule has 1 aromatic heterocycles. The van der Waals surface area contributed by atoms with Crippen LogP contribution in [0.25, 0.3) is 11.4 Å². The average molecular weight is 425 g/mol. The fourth-order valence-corrected chi connectivity index (χ4v) is 4.22. The smallest absolute Gasteiger partial charge is 0.233 e. The largest absolute Gasteiger partial charge is 0.496 e. The lowest BCUT2D eigenvalue weighted by molar-refractivity contribution is -0.120. The number of carbonyl (C=O) groups excluding carboxylic acids is 1. The monoisotopic (exact) mass is 424 g/mol. The molecule has 1 N–H and O–H groups in total. The number of aryl methyl sites for hydroxylation is 1. The van der Waals surface area contributed by atoms with E-state index in [0.717, 1.165) is 34.4 Å². The van der Waals surface area contributed by atoms with E-state index in [9.17, 15) is 4.79 Å². The zero-order valence-electron chi connectivity index (χ0n) is 18.0. The first kappa shape index (κ1) is 21.9. The predicted octanol–water partition coefficient (Wildman–Crippen LogP) is 4.64. The Hall–Kier alpha value is -2.80. The molecule has 0 saturated heterocycles. The van der Waals surface area contributed by atoms with Crippen LogP contribution in [0.4, 0.5) is 0 Å². The highest BCUT2D eigenvalue weighted by Gasteiger charge is 2.22. The van der Waals surface area contributed by atoms with Crippen molar-refractivity contribution in [2.75, 3.05) is 7.11 Å². The number of benzene rings is 2. The normalized spacial score (nSPS) is 13.0. The van der Waals surface area contributed by atoms with Crippen LogP contribution in [0.5, 0.6) is 5.75 Å². The number of aromatic nitrogens is 3. The molecule has 0 aliphatic rings. The summed E-state index contributed by atoms with van der Waals surface area (Å²) in [6, 6.07) is 15.7. The molecule has 0 bridgehead atoms. The van der Waals surface area contributed by atoms with Gasteiger partial charge in [-0.25, -0.2) is 0 Å². The third kappa shape index (κ3) is 4.84. The number of carbonyl (C=O) groups is 1. The molecule has 1 amide bonds. The fourth-order valence-electron chi connectivity index (χ4n) is 3.30. The summed E-state index contributed by atoms with van der Waals surface area (Å²) in [6.45, 7) is 8.68. The van der Waals surface area contributed by atoms with E-state index < -0.39 is 0 Å². The summed E-state index contributed by atoms with van der Waals surface area (Å²) >= 11 is 1.42. The van der Waals surface area contributed by atoms with E-state index in [1.807, 2.05) is 54.8 Å². The minimum Gasteiger partial charge on any atom is -0.496 e. The second kappa shape index (κ2) is 9.80. The lowest BCUT2D eigenvalue weighted by atomic mass is 10.1. The summed E-state index contributed by atoms with van der Waals surface area (Å²) in [4.78, 5) is 12.8. The van der Waals surface area contributed by atoms with Crippen molar-refractivity contribution in [1.29, 1.82) is 0 Å². The molecule has 6 nitrogen and oxygen atoms in total. The summed E-state index contributed by atoms with van der Waals surface area (Å²) in [7, 11) is 1.63. The zero-order valence-corrected chi connectivity index (χ0v) is 18.9. The predicted molar refractivity (Wildman–Crippen MR) is 121 cm³/mol. The molecule has 0 radical (unpaired) electrons. The van der Waals surface area contributed by atoms with Crippen molar-refractivity contribution in [3.63, 3.8) is 0 Å². The van der Waals surface area contributed by atoms with E-state index in [1.54, 1.807) is 7.11 Å². The van der Waals surface area contributed by atoms with Gasteiger partial charge in [-0.05, 0) is 39.8 Å². The molecular weight excluding hydrogens is 396 g/mol. The van der Waals surface area contributed by atoms with Gasteiger partial charge in [-0.3, -0.25) is 4.79 Å². The van der Waals surface area contributed by atoms with Gasteiger partial charge in [-0.1, -0.05) is 53.7 Å². The lowest BCUT2D eigenvalue weighted by Crippen LogP contribution is -2.33. The Bertz CT molecular complexity index is 1020. The van der Waals surface area contributed by atoms with Gasteiger partial charge >= 0.3 is 0 Å². The molecule has 3 aromatic rings.